The third-order valence-corrected chi connectivity index (χ3v) is 1.27. The van der Waals surface area contributed by atoms with Crippen LogP contribution in [-0.2, 0) is 9.59 Å². The summed E-state index contributed by atoms with van der Waals surface area (Å²) in [5, 5.41) is 9.86. The predicted octanol–water partition coefficient (Wildman–Crippen LogP) is -0.774. The Hall–Kier alpha value is -1.23. The van der Waals surface area contributed by atoms with Gasteiger partial charge in [0.15, 0.2) is 0 Å². The van der Waals surface area contributed by atoms with Gasteiger partial charge in [0, 0.05) is 7.05 Å². The molecular weight excluding hydrogens is 172 g/mol. The zero-order chi connectivity index (χ0) is 9.02. The summed E-state index contributed by atoms with van der Waals surface area (Å²) < 4.78 is 0. The molecule has 0 aromatic rings. The average Bonchev–Trinajstić information content (AvgIpc) is 2.00. The third kappa shape index (κ3) is 2.46. The van der Waals surface area contributed by atoms with Crippen LogP contribution >= 0.6 is 11.6 Å². The van der Waals surface area contributed by atoms with E-state index in [9.17, 15) is 9.59 Å². The van der Waals surface area contributed by atoms with Gasteiger partial charge in [-0.25, -0.2) is 4.79 Å². The predicted molar refractivity (Wildman–Crippen MR) is 38.8 cm³/mol. The maximum Gasteiger partial charge on any atom is 0.353 e. The molecule has 0 spiro atoms. The number of hydrogen-bond donors (Lipinski definition) is 3. The average molecular weight is 179 g/mol. The summed E-state index contributed by atoms with van der Waals surface area (Å²) in [6.07, 6.45) is 0. The van der Waals surface area contributed by atoms with Crippen molar-refractivity contribution in [2.24, 2.45) is 5.73 Å². The van der Waals surface area contributed by atoms with Gasteiger partial charge in [0.2, 0.25) is 0 Å². The molecule has 1 amide bonds. The first-order chi connectivity index (χ1) is 5.00. The highest BCUT2D eigenvalue weighted by Crippen LogP contribution is 2.04. The van der Waals surface area contributed by atoms with Crippen LogP contribution in [0, 0.1) is 0 Å². The fourth-order valence-electron chi connectivity index (χ4n) is 0.326. The topological polar surface area (TPSA) is 92.4 Å². The first kappa shape index (κ1) is 9.77. The van der Waals surface area contributed by atoms with Crippen LogP contribution in [0.25, 0.3) is 0 Å². The quantitative estimate of drug-likeness (QED) is 0.484. The molecule has 0 fully saturated rings. The summed E-state index contributed by atoms with van der Waals surface area (Å²) >= 11 is 5.24. The van der Waals surface area contributed by atoms with E-state index in [1.807, 2.05) is 0 Å². The van der Waals surface area contributed by atoms with Crippen LogP contribution < -0.4 is 11.1 Å². The number of amides is 1. The van der Waals surface area contributed by atoms with E-state index in [2.05, 4.69) is 5.32 Å². The summed E-state index contributed by atoms with van der Waals surface area (Å²) in [5.41, 5.74) is 4.26. The molecule has 0 aromatic carbocycles. The molecule has 0 saturated heterocycles. The Morgan fingerprint density at radius 2 is 2.00 bits per heavy atom. The van der Waals surface area contributed by atoms with Crippen molar-refractivity contribution in [1.29, 1.82) is 0 Å². The molecule has 62 valence electrons. The first-order valence-electron chi connectivity index (χ1n) is 2.61. The van der Waals surface area contributed by atoms with Crippen LogP contribution in [0.1, 0.15) is 0 Å². The largest absolute Gasteiger partial charge is 0.477 e. The molecule has 0 radical (unpaired) electrons. The van der Waals surface area contributed by atoms with E-state index in [1.165, 1.54) is 7.05 Å². The number of nitrogens with one attached hydrogen (secondary N) is 1. The van der Waals surface area contributed by atoms with Crippen molar-refractivity contribution in [2.75, 3.05) is 7.05 Å². The Labute approximate surface area is 67.8 Å². The van der Waals surface area contributed by atoms with Crippen molar-refractivity contribution in [3.63, 3.8) is 0 Å². The lowest BCUT2D eigenvalue weighted by atomic mass is 10.4. The second-order valence-corrected chi connectivity index (χ2v) is 1.99. The van der Waals surface area contributed by atoms with Gasteiger partial charge in [-0.15, -0.1) is 0 Å². The minimum absolute atomic E-state index is 0.514. The van der Waals surface area contributed by atoms with Crippen LogP contribution in [0.5, 0.6) is 0 Å². The molecule has 0 bridgehead atoms. The number of halogens is 1. The number of aliphatic carboxylic acids is 1. The van der Waals surface area contributed by atoms with E-state index in [4.69, 9.17) is 22.4 Å². The zero-order valence-electron chi connectivity index (χ0n) is 5.72. The van der Waals surface area contributed by atoms with Gasteiger partial charge in [-0.3, -0.25) is 4.79 Å². The monoisotopic (exact) mass is 178 g/mol. The number of carboxylic acids is 1. The van der Waals surface area contributed by atoms with Crippen molar-refractivity contribution < 1.29 is 14.7 Å². The van der Waals surface area contributed by atoms with Gasteiger partial charge < -0.3 is 16.2 Å². The molecule has 0 heterocycles. The molecule has 5 nitrogen and oxygen atoms in total. The number of nitrogens with two attached hydrogens (primary N) is 1. The lowest BCUT2D eigenvalue weighted by Crippen LogP contribution is -2.23. The van der Waals surface area contributed by atoms with Gasteiger partial charge in [0.1, 0.15) is 10.7 Å². The SMILES string of the molecule is CNC(=O)C(Cl)=C(N)C(=O)O. The van der Waals surface area contributed by atoms with E-state index in [-0.39, 0.29) is 0 Å². The standard InChI is InChI=1S/C5H7ClN2O3/c1-8-4(9)2(6)3(7)5(10)11/h7H2,1H3,(H,8,9)(H,10,11). The second kappa shape index (κ2) is 3.82. The van der Waals surface area contributed by atoms with Gasteiger partial charge in [0.05, 0.1) is 0 Å². The smallest absolute Gasteiger partial charge is 0.353 e. The molecule has 0 aromatic heterocycles. The fraction of sp³-hybridized carbons (Fsp3) is 0.200. The molecule has 0 aliphatic heterocycles. The Morgan fingerprint density at radius 1 is 1.55 bits per heavy atom. The molecule has 6 heteroatoms. The minimum atomic E-state index is -1.42. The Kier molecular flexibility index (Phi) is 3.39. The normalized spacial score (nSPS) is 11.8. The van der Waals surface area contributed by atoms with Crippen LogP contribution in [0.15, 0.2) is 10.7 Å². The number of carbonyl (C=O) groups is 2. The van der Waals surface area contributed by atoms with Crippen LogP contribution in [0.4, 0.5) is 0 Å². The van der Waals surface area contributed by atoms with Crippen LogP contribution in [-0.4, -0.2) is 24.0 Å². The summed E-state index contributed by atoms with van der Waals surface area (Å²) in [6, 6.07) is 0. The first-order valence-corrected chi connectivity index (χ1v) is 2.99. The van der Waals surface area contributed by atoms with Crippen LogP contribution in [0.2, 0.25) is 0 Å². The fourth-order valence-corrected chi connectivity index (χ4v) is 0.501. The van der Waals surface area contributed by atoms with Crippen molar-refractivity contribution >= 4 is 23.5 Å². The van der Waals surface area contributed by atoms with Crippen molar-refractivity contribution in [1.82, 2.24) is 5.32 Å². The lowest BCUT2D eigenvalue weighted by Gasteiger charge is -1.98. The Morgan fingerprint density at radius 3 is 2.27 bits per heavy atom. The molecule has 0 atom stereocenters. The van der Waals surface area contributed by atoms with Gasteiger partial charge >= 0.3 is 5.97 Å². The van der Waals surface area contributed by atoms with Crippen molar-refractivity contribution in [2.45, 2.75) is 0 Å². The number of likely N-dealkylation sites (N-methyl/N-ethyl adjacent to an activating group) is 1. The molecule has 4 N–H and O–H groups in total. The van der Waals surface area contributed by atoms with Gasteiger partial charge in [-0.05, 0) is 0 Å². The second-order valence-electron chi connectivity index (χ2n) is 1.61. The van der Waals surface area contributed by atoms with Crippen molar-refractivity contribution in [3.05, 3.63) is 10.7 Å². The number of carbonyl (C=O) groups excluding carboxylic acids is 1. The van der Waals surface area contributed by atoms with E-state index in [1.54, 1.807) is 0 Å². The molecular formula is C5H7ClN2O3. The highest BCUT2D eigenvalue weighted by molar-refractivity contribution is 6.43. The number of rotatable bonds is 2. The van der Waals surface area contributed by atoms with E-state index in [0.717, 1.165) is 0 Å². The molecule has 0 aliphatic carbocycles. The lowest BCUT2D eigenvalue weighted by molar-refractivity contribution is -0.133. The van der Waals surface area contributed by atoms with Gasteiger partial charge in [-0.2, -0.15) is 0 Å². The van der Waals surface area contributed by atoms with Gasteiger partial charge in [0.25, 0.3) is 5.91 Å². The Bertz CT molecular complexity index is 224. The molecule has 0 unspecified atom stereocenters. The third-order valence-electron chi connectivity index (χ3n) is 0.893. The number of carboxylic acid groups (broad SMARTS) is 1. The van der Waals surface area contributed by atoms with Crippen molar-refractivity contribution in [3.8, 4) is 0 Å². The molecule has 0 aliphatic rings. The highest BCUT2D eigenvalue weighted by atomic mass is 35.5. The summed E-state index contributed by atoms with van der Waals surface area (Å²) in [4.78, 5) is 20.7. The van der Waals surface area contributed by atoms with E-state index < -0.39 is 22.6 Å². The van der Waals surface area contributed by atoms with E-state index >= 15 is 0 Å². The Balaban J connectivity index is 4.66. The summed E-state index contributed by atoms with van der Waals surface area (Å²) in [7, 11) is 1.32. The zero-order valence-corrected chi connectivity index (χ0v) is 6.47. The summed E-state index contributed by atoms with van der Waals surface area (Å²) in [6.45, 7) is 0. The highest BCUT2D eigenvalue weighted by Gasteiger charge is 2.13. The van der Waals surface area contributed by atoms with E-state index in [0.29, 0.717) is 0 Å². The maximum atomic E-state index is 10.6. The summed E-state index contributed by atoms with van der Waals surface area (Å²) in [5.74, 6) is -2.13. The molecule has 0 rings (SSSR count). The molecule has 11 heavy (non-hydrogen) atoms. The van der Waals surface area contributed by atoms with Gasteiger partial charge in [-0.1, -0.05) is 11.6 Å². The minimum Gasteiger partial charge on any atom is -0.477 e. The molecule has 0 saturated carbocycles. The maximum absolute atomic E-state index is 10.6. The number of hydrogen-bond acceptors (Lipinski definition) is 3. The van der Waals surface area contributed by atoms with Crippen LogP contribution in [0.3, 0.4) is 0 Å².